The van der Waals surface area contributed by atoms with Crippen molar-refractivity contribution in [1.29, 1.82) is 0 Å². The average Bonchev–Trinajstić information content (AvgIpc) is 1.85. The third-order valence-electron chi connectivity index (χ3n) is 0.673. The van der Waals surface area contributed by atoms with Gasteiger partial charge in [0.1, 0.15) is 0 Å². The van der Waals surface area contributed by atoms with Crippen LogP contribution in [0.4, 0.5) is 0 Å². The molecule has 0 aliphatic heterocycles. The van der Waals surface area contributed by atoms with Crippen LogP contribution in [0.1, 0.15) is 13.8 Å². The van der Waals surface area contributed by atoms with Crippen molar-refractivity contribution in [1.82, 2.24) is 0 Å². The van der Waals surface area contributed by atoms with Crippen molar-refractivity contribution < 1.29 is 23.9 Å². The number of methoxy groups -OCH3 is 1. The van der Waals surface area contributed by atoms with E-state index < -0.39 is 8.25 Å². The standard InChI is InChI=1S/C5H10O2.HO3P/c1-4(2)5(6)7-3;1-4(2)3/h4H,1-3H3;(H-,1,2,3)/p+1. The molecule has 2 N–H and O–H groups in total. The molecule has 0 atom stereocenters. The van der Waals surface area contributed by atoms with E-state index in [9.17, 15) is 4.79 Å². The van der Waals surface area contributed by atoms with Crippen LogP contribution in [0.25, 0.3) is 0 Å². The Hall–Kier alpha value is -0.510. The maximum absolute atomic E-state index is 10.3. The van der Waals surface area contributed by atoms with Gasteiger partial charge in [-0.15, -0.1) is 9.79 Å². The fraction of sp³-hybridized carbons (Fsp3) is 0.800. The summed E-state index contributed by atoms with van der Waals surface area (Å²) in [5, 5.41) is 0. The van der Waals surface area contributed by atoms with E-state index in [0.717, 1.165) is 0 Å². The van der Waals surface area contributed by atoms with Gasteiger partial charge >= 0.3 is 14.2 Å². The second kappa shape index (κ2) is 7.60. The summed E-state index contributed by atoms with van der Waals surface area (Å²) in [4.78, 5) is 24.5. The Kier molecular flexibility index (Phi) is 9.05. The smallest absolute Gasteiger partial charge is 0.469 e. The molecule has 0 aromatic rings. The Labute approximate surface area is 65.9 Å². The lowest BCUT2D eigenvalue weighted by molar-refractivity contribution is -0.144. The van der Waals surface area contributed by atoms with Crippen molar-refractivity contribution in [3.8, 4) is 0 Å². The molecule has 0 aliphatic carbocycles. The Morgan fingerprint density at radius 3 is 1.73 bits per heavy atom. The van der Waals surface area contributed by atoms with Crippen LogP contribution in [0, 0.1) is 5.92 Å². The van der Waals surface area contributed by atoms with Crippen molar-refractivity contribution >= 4 is 14.2 Å². The normalized spacial score (nSPS) is 8.18. The molecule has 0 saturated carbocycles. The lowest BCUT2D eigenvalue weighted by atomic mass is 10.2. The number of carbonyl (C=O) groups excluding carboxylic acids is 1. The SMILES string of the molecule is COC(=O)C(C)C.O=[P+](O)O. The van der Waals surface area contributed by atoms with Crippen molar-refractivity contribution in [3.05, 3.63) is 0 Å². The molecule has 0 heterocycles. The summed E-state index contributed by atoms with van der Waals surface area (Å²) in [5.41, 5.74) is 0. The molecule has 0 saturated heterocycles. The van der Waals surface area contributed by atoms with Gasteiger partial charge < -0.3 is 4.74 Å². The first-order valence-corrected chi connectivity index (χ1v) is 4.01. The van der Waals surface area contributed by atoms with Gasteiger partial charge in [-0.05, 0) is 0 Å². The summed E-state index contributed by atoms with van der Waals surface area (Å²) >= 11 is 0. The zero-order valence-electron chi connectivity index (χ0n) is 6.64. The molecule has 11 heavy (non-hydrogen) atoms. The highest BCUT2D eigenvalue weighted by atomic mass is 31.1. The topological polar surface area (TPSA) is 83.8 Å². The number of carbonyl (C=O) groups is 1. The minimum absolute atomic E-state index is 0.00463. The fourth-order valence-electron chi connectivity index (χ4n) is 0.236. The van der Waals surface area contributed by atoms with Crippen LogP contribution in [0.5, 0.6) is 0 Å². The lowest BCUT2D eigenvalue weighted by Gasteiger charge is -1.97. The van der Waals surface area contributed by atoms with Crippen molar-refractivity contribution in [2.24, 2.45) is 5.92 Å². The molecule has 0 bridgehead atoms. The second-order valence-electron chi connectivity index (χ2n) is 1.93. The Morgan fingerprint density at radius 1 is 1.45 bits per heavy atom. The highest BCUT2D eigenvalue weighted by Gasteiger charge is 2.03. The van der Waals surface area contributed by atoms with Gasteiger partial charge in [-0.3, -0.25) is 4.79 Å². The molecule has 5 nitrogen and oxygen atoms in total. The molecule has 0 spiro atoms. The van der Waals surface area contributed by atoms with Gasteiger partial charge in [0.2, 0.25) is 0 Å². The van der Waals surface area contributed by atoms with E-state index in [1.54, 1.807) is 13.8 Å². The van der Waals surface area contributed by atoms with Crippen LogP contribution < -0.4 is 0 Å². The zero-order valence-corrected chi connectivity index (χ0v) is 7.54. The van der Waals surface area contributed by atoms with Crippen molar-refractivity contribution in [3.63, 3.8) is 0 Å². The van der Waals surface area contributed by atoms with E-state index >= 15 is 0 Å². The number of rotatable bonds is 1. The van der Waals surface area contributed by atoms with E-state index in [4.69, 9.17) is 14.4 Å². The number of ether oxygens (including phenoxy) is 1. The summed E-state index contributed by atoms with van der Waals surface area (Å²) < 4.78 is 13.1. The van der Waals surface area contributed by atoms with Crippen LogP contribution in [0.2, 0.25) is 0 Å². The monoisotopic (exact) mass is 183 g/mol. The number of esters is 1. The average molecular weight is 183 g/mol. The number of hydrogen-bond acceptors (Lipinski definition) is 3. The molecule has 0 unspecified atom stereocenters. The minimum atomic E-state index is -2.87. The molecule has 0 rings (SSSR count). The van der Waals surface area contributed by atoms with Gasteiger partial charge in [0, 0.05) is 4.57 Å². The van der Waals surface area contributed by atoms with Gasteiger partial charge in [-0.1, -0.05) is 13.8 Å². The quantitative estimate of drug-likeness (QED) is 0.455. The van der Waals surface area contributed by atoms with E-state index in [1.807, 2.05) is 0 Å². The second-order valence-corrected chi connectivity index (χ2v) is 2.44. The van der Waals surface area contributed by atoms with Crippen LogP contribution >= 0.6 is 8.25 Å². The molecule has 0 aliphatic rings. The molecule has 0 fully saturated rings. The Bertz CT molecular complexity index is 129. The van der Waals surface area contributed by atoms with Gasteiger partial charge in [-0.25, -0.2) is 0 Å². The third kappa shape index (κ3) is 17.7. The summed E-state index contributed by atoms with van der Waals surface area (Å²) in [6.45, 7) is 3.59. The predicted molar refractivity (Wildman–Crippen MR) is 38.9 cm³/mol. The van der Waals surface area contributed by atoms with E-state index in [2.05, 4.69) is 4.74 Å². The highest BCUT2D eigenvalue weighted by Crippen LogP contribution is 1.98. The van der Waals surface area contributed by atoms with E-state index in [1.165, 1.54) is 7.11 Å². The zero-order chi connectivity index (χ0) is 9.44. The van der Waals surface area contributed by atoms with Crippen LogP contribution in [0.15, 0.2) is 0 Å². The van der Waals surface area contributed by atoms with Gasteiger partial charge in [0.25, 0.3) is 0 Å². The van der Waals surface area contributed by atoms with Crippen LogP contribution in [-0.2, 0) is 14.1 Å². The van der Waals surface area contributed by atoms with Crippen LogP contribution in [0.3, 0.4) is 0 Å². The molecule has 0 aromatic carbocycles. The van der Waals surface area contributed by atoms with Gasteiger partial charge in [0.05, 0.1) is 13.0 Å². The molecular formula is C5H12O5P+. The largest absolute Gasteiger partial charge is 0.692 e. The Balaban J connectivity index is 0. The first-order valence-electron chi connectivity index (χ1n) is 2.84. The maximum atomic E-state index is 10.3. The minimum Gasteiger partial charge on any atom is -0.469 e. The first-order chi connectivity index (χ1) is 4.91. The Morgan fingerprint density at radius 2 is 1.73 bits per heavy atom. The molecule has 0 amide bonds. The predicted octanol–water partition coefficient (Wildman–Crippen LogP) is 0.444. The molecule has 0 radical (unpaired) electrons. The number of hydrogen-bond donors (Lipinski definition) is 2. The van der Waals surface area contributed by atoms with Gasteiger partial charge in [-0.2, -0.15) is 0 Å². The fourth-order valence-corrected chi connectivity index (χ4v) is 0.236. The van der Waals surface area contributed by atoms with E-state index in [-0.39, 0.29) is 11.9 Å². The van der Waals surface area contributed by atoms with E-state index in [0.29, 0.717) is 0 Å². The molecule has 66 valence electrons. The van der Waals surface area contributed by atoms with Crippen LogP contribution in [-0.4, -0.2) is 22.9 Å². The van der Waals surface area contributed by atoms with Gasteiger partial charge in [0.15, 0.2) is 0 Å². The van der Waals surface area contributed by atoms with Crippen molar-refractivity contribution in [2.75, 3.05) is 7.11 Å². The van der Waals surface area contributed by atoms with Crippen molar-refractivity contribution in [2.45, 2.75) is 13.8 Å². The summed E-state index contributed by atoms with van der Waals surface area (Å²) in [5.74, 6) is -0.148. The highest BCUT2D eigenvalue weighted by molar-refractivity contribution is 7.30. The molecule has 6 heteroatoms. The summed E-state index contributed by atoms with van der Waals surface area (Å²) in [6.07, 6.45) is 0. The lowest BCUT2D eigenvalue weighted by Crippen LogP contribution is -2.07. The molecule has 0 aromatic heterocycles. The maximum Gasteiger partial charge on any atom is 0.692 e. The first kappa shape index (κ1) is 13.1. The summed E-state index contributed by atoms with van der Waals surface area (Å²) in [7, 11) is -1.48. The third-order valence-corrected chi connectivity index (χ3v) is 0.673. The molecular weight excluding hydrogens is 171 g/mol. The summed E-state index contributed by atoms with van der Waals surface area (Å²) in [6, 6.07) is 0.